The molecule has 1 aromatic rings. The summed E-state index contributed by atoms with van der Waals surface area (Å²) in [5.74, 6) is -0.753. The Morgan fingerprint density at radius 2 is 2.24 bits per heavy atom. The Balaban J connectivity index is 2.45. The van der Waals surface area contributed by atoms with E-state index in [0.29, 0.717) is 22.8 Å². The van der Waals surface area contributed by atoms with Gasteiger partial charge in [-0.1, -0.05) is 11.8 Å². The largest absolute Gasteiger partial charge is 0.481 e. The monoisotopic (exact) mass is 254 g/mol. The molecule has 6 nitrogen and oxygen atoms in total. The minimum Gasteiger partial charge on any atom is -0.481 e. The molecule has 0 aliphatic carbocycles. The molecule has 7 heteroatoms. The second-order valence-electron chi connectivity index (χ2n) is 3.33. The van der Waals surface area contributed by atoms with Crippen LogP contribution in [-0.4, -0.2) is 41.7 Å². The van der Waals surface area contributed by atoms with Crippen LogP contribution in [0.2, 0.25) is 0 Å². The van der Waals surface area contributed by atoms with E-state index in [0.717, 1.165) is 0 Å². The van der Waals surface area contributed by atoms with Crippen LogP contribution in [0.1, 0.15) is 11.5 Å². The zero-order valence-electron chi connectivity index (χ0n) is 9.25. The van der Waals surface area contributed by atoms with Gasteiger partial charge in [0.15, 0.2) is 0 Å². The number of methoxy groups -OCH3 is 2. The molecule has 0 saturated heterocycles. The van der Waals surface area contributed by atoms with E-state index in [1.165, 1.54) is 32.3 Å². The summed E-state index contributed by atoms with van der Waals surface area (Å²) in [7, 11) is 2.75. The van der Waals surface area contributed by atoms with Gasteiger partial charge in [-0.05, 0) is 0 Å². The van der Waals surface area contributed by atoms with E-state index in [1.54, 1.807) is 0 Å². The molecule has 0 spiro atoms. The van der Waals surface area contributed by atoms with Crippen molar-refractivity contribution in [2.45, 2.75) is 16.2 Å². The Labute approximate surface area is 102 Å². The summed E-state index contributed by atoms with van der Waals surface area (Å²) in [6, 6.07) is 0. The highest BCUT2D eigenvalue weighted by atomic mass is 32.2. The van der Waals surface area contributed by atoms with Crippen molar-refractivity contribution < 1.29 is 19.1 Å². The van der Waals surface area contributed by atoms with Gasteiger partial charge in [0.05, 0.1) is 25.7 Å². The number of aldehydes is 1. The zero-order chi connectivity index (χ0) is 12.4. The molecule has 1 aliphatic rings. The van der Waals surface area contributed by atoms with Crippen LogP contribution in [0.5, 0.6) is 5.88 Å². The molecule has 0 saturated carbocycles. The van der Waals surface area contributed by atoms with E-state index in [4.69, 9.17) is 4.74 Å². The minimum atomic E-state index is -0.626. The van der Waals surface area contributed by atoms with Gasteiger partial charge >= 0.3 is 5.97 Å². The number of fused-ring (bicyclic) bond motifs is 1. The maximum atomic E-state index is 11.6. The van der Waals surface area contributed by atoms with Gasteiger partial charge in [0.1, 0.15) is 22.9 Å². The molecular weight excluding hydrogens is 244 g/mol. The number of hydrogen-bond acceptors (Lipinski definition) is 7. The summed E-state index contributed by atoms with van der Waals surface area (Å²) in [4.78, 5) is 30.7. The van der Waals surface area contributed by atoms with Crippen molar-refractivity contribution in [1.29, 1.82) is 0 Å². The van der Waals surface area contributed by atoms with E-state index >= 15 is 0 Å². The van der Waals surface area contributed by atoms with Gasteiger partial charge in [0.25, 0.3) is 0 Å². The fourth-order valence-corrected chi connectivity index (χ4v) is 2.94. The van der Waals surface area contributed by atoms with E-state index in [1.807, 2.05) is 0 Å². The molecule has 0 N–H and O–H groups in total. The quantitative estimate of drug-likeness (QED) is 0.439. The van der Waals surface area contributed by atoms with Crippen LogP contribution in [0.15, 0.2) is 11.4 Å². The van der Waals surface area contributed by atoms with Crippen molar-refractivity contribution in [3.05, 3.63) is 11.9 Å². The molecule has 2 atom stereocenters. The second-order valence-corrected chi connectivity index (χ2v) is 4.46. The van der Waals surface area contributed by atoms with Gasteiger partial charge in [-0.15, -0.1) is 0 Å². The Kier molecular flexibility index (Phi) is 3.28. The number of aromatic nitrogens is 2. The summed E-state index contributed by atoms with van der Waals surface area (Å²) in [6.07, 6.45) is 2.04. The zero-order valence-corrected chi connectivity index (χ0v) is 10.1. The van der Waals surface area contributed by atoms with Gasteiger partial charge < -0.3 is 14.3 Å². The summed E-state index contributed by atoms with van der Waals surface area (Å²) in [6.45, 7) is 0. The maximum Gasteiger partial charge on any atom is 0.320 e. The van der Waals surface area contributed by atoms with Crippen LogP contribution in [0.4, 0.5) is 0 Å². The Morgan fingerprint density at radius 1 is 1.47 bits per heavy atom. The fraction of sp³-hybridized carbons (Fsp3) is 0.400. The molecule has 2 heterocycles. The highest BCUT2D eigenvalue weighted by Gasteiger charge is 2.42. The number of esters is 1. The maximum absolute atomic E-state index is 11.6. The molecule has 2 rings (SSSR count). The standard InChI is InChI=1S/C10H10N2O4S/c1-15-8-6-5(3-13)7(10(14)16-2)17-9(6)12-4-11-8/h3-5,7H,1-2H3. The Morgan fingerprint density at radius 3 is 2.82 bits per heavy atom. The van der Waals surface area contributed by atoms with E-state index in [9.17, 15) is 9.59 Å². The first kappa shape index (κ1) is 11.8. The predicted octanol–water partition coefficient (Wildman–Crippen LogP) is 0.415. The van der Waals surface area contributed by atoms with Crippen LogP contribution < -0.4 is 4.74 Å². The summed E-state index contributed by atoms with van der Waals surface area (Å²) >= 11 is 1.19. The number of carbonyl (C=O) groups excluding carboxylic acids is 2. The van der Waals surface area contributed by atoms with Gasteiger partial charge in [-0.3, -0.25) is 4.79 Å². The molecule has 1 aromatic heterocycles. The van der Waals surface area contributed by atoms with Crippen molar-refractivity contribution in [1.82, 2.24) is 9.97 Å². The van der Waals surface area contributed by atoms with Crippen molar-refractivity contribution in [2.24, 2.45) is 0 Å². The topological polar surface area (TPSA) is 78.4 Å². The summed E-state index contributed by atoms with van der Waals surface area (Å²) in [5, 5.41) is -0.0255. The van der Waals surface area contributed by atoms with Crippen LogP contribution in [0, 0.1) is 0 Å². The third-order valence-electron chi connectivity index (χ3n) is 2.48. The lowest BCUT2D eigenvalue weighted by molar-refractivity contribution is -0.141. The van der Waals surface area contributed by atoms with Crippen LogP contribution in [-0.2, 0) is 14.3 Å². The third kappa shape index (κ3) is 1.86. The normalized spacial score (nSPS) is 21.8. The van der Waals surface area contributed by atoms with E-state index < -0.39 is 17.1 Å². The van der Waals surface area contributed by atoms with Crippen LogP contribution in [0.25, 0.3) is 0 Å². The predicted molar refractivity (Wildman–Crippen MR) is 59.1 cm³/mol. The van der Waals surface area contributed by atoms with Crippen molar-refractivity contribution in [2.75, 3.05) is 14.2 Å². The number of nitrogens with zero attached hydrogens (tertiary/aromatic N) is 2. The molecule has 0 fully saturated rings. The molecule has 1 aliphatic heterocycles. The first-order valence-electron chi connectivity index (χ1n) is 4.81. The summed E-state index contributed by atoms with van der Waals surface area (Å²) in [5.41, 5.74) is 0.561. The van der Waals surface area contributed by atoms with Gasteiger partial charge in [-0.2, -0.15) is 0 Å². The Bertz CT molecular complexity index is 466. The summed E-state index contributed by atoms with van der Waals surface area (Å²) < 4.78 is 9.74. The smallest absolute Gasteiger partial charge is 0.320 e. The molecule has 17 heavy (non-hydrogen) atoms. The van der Waals surface area contributed by atoms with Crippen molar-refractivity contribution >= 4 is 24.0 Å². The minimum absolute atomic E-state index is 0.325. The number of hydrogen-bond donors (Lipinski definition) is 0. The number of thioether (sulfide) groups is 1. The molecule has 0 bridgehead atoms. The molecule has 90 valence electrons. The SMILES string of the molecule is COC(=O)C1Sc2ncnc(OC)c2C1C=O. The van der Waals surface area contributed by atoms with Crippen LogP contribution >= 0.6 is 11.8 Å². The van der Waals surface area contributed by atoms with Crippen LogP contribution in [0.3, 0.4) is 0 Å². The first-order chi connectivity index (χ1) is 8.22. The molecule has 0 amide bonds. The number of rotatable bonds is 3. The highest BCUT2D eigenvalue weighted by Crippen LogP contribution is 2.46. The Hall–Kier alpha value is -1.63. The first-order valence-corrected chi connectivity index (χ1v) is 5.69. The molecular formula is C10H10N2O4S. The lowest BCUT2D eigenvalue weighted by Crippen LogP contribution is -2.23. The van der Waals surface area contributed by atoms with E-state index in [-0.39, 0.29) is 0 Å². The molecule has 2 unspecified atom stereocenters. The average Bonchev–Trinajstić information content (AvgIpc) is 2.75. The average molecular weight is 254 g/mol. The second kappa shape index (κ2) is 4.70. The van der Waals surface area contributed by atoms with Gasteiger partial charge in [-0.25, -0.2) is 9.97 Å². The molecule has 0 aromatic carbocycles. The lowest BCUT2D eigenvalue weighted by atomic mass is 9.99. The van der Waals surface area contributed by atoms with Gasteiger partial charge in [0, 0.05) is 0 Å². The van der Waals surface area contributed by atoms with Gasteiger partial charge in [0.2, 0.25) is 5.88 Å². The highest BCUT2D eigenvalue weighted by molar-refractivity contribution is 8.01. The lowest BCUT2D eigenvalue weighted by Gasteiger charge is -2.11. The van der Waals surface area contributed by atoms with Crippen molar-refractivity contribution in [3.63, 3.8) is 0 Å². The molecule has 0 radical (unpaired) electrons. The van der Waals surface area contributed by atoms with E-state index in [2.05, 4.69) is 14.7 Å². The van der Waals surface area contributed by atoms with Crippen molar-refractivity contribution in [3.8, 4) is 5.88 Å². The third-order valence-corrected chi connectivity index (χ3v) is 3.77. The number of carbonyl (C=O) groups is 2. The number of ether oxygens (including phenoxy) is 2. The fourth-order valence-electron chi connectivity index (χ4n) is 1.70.